The third-order valence-electron chi connectivity index (χ3n) is 3.38. The number of rotatable bonds is 1. The van der Waals surface area contributed by atoms with Gasteiger partial charge in [-0.1, -0.05) is 0 Å². The zero-order valence-electron chi connectivity index (χ0n) is 12.9. The molecule has 1 aliphatic heterocycles. The standard InChI is InChI=1S/C14H16F3N3O4/c1-7-5-20(6-8(2)24-7)13(23)12(22)19-10-3-9(14(15,16)17)4-18-11(10)21/h3-4,7-8H,5-6H2,1-2H3,(H,18,21)(H,19,22). The number of nitrogens with one attached hydrogen (secondary N) is 2. The van der Waals surface area contributed by atoms with Crippen LogP contribution in [-0.4, -0.2) is 47.0 Å². The number of amides is 2. The molecule has 2 atom stereocenters. The lowest BCUT2D eigenvalue weighted by molar-refractivity contribution is -0.151. The molecule has 0 radical (unpaired) electrons. The summed E-state index contributed by atoms with van der Waals surface area (Å²) in [6.45, 7) is 3.81. The van der Waals surface area contributed by atoms with Crippen LogP contribution in [-0.2, 0) is 20.5 Å². The molecule has 2 rings (SSSR count). The fourth-order valence-corrected chi connectivity index (χ4v) is 2.40. The summed E-state index contributed by atoms with van der Waals surface area (Å²) in [5.41, 5.74) is -2.72. The number of morpholine rings is 1. The number of H-pyrrole nitrogens is 1. The molecule has 0 spiro atoms. The van der Waals surface area contributed by atoms with Crippen molar-refractivity contribution in [2.24, 2.45) is 0 Å². The van der Waals surface area contributed by atoms with Gasteiger partial charge in [0.2, 0.25) is 0 Å². The molecule has 2 heterocycles. The van der Waals surface area contributed by atoms with Crippen LogP contribution in [0.5, 0.6) is 0 Å². The van der Waals surface area contributed by atoms with E-state index in [0.717, 1.165) is 0 Å². The fourth-order valence-electron chi connectivity index (χ4n) is 2.40. The van der Waals surface area contributed by atoms with Crippen molar-refractivity contribution in [2.45, 2.75) is 32.2 Å². The molecule has 1 aromatic heterocycles. The number of alkyl halides is 3. The van der Waals surface area contributed by atoms with Crippen LogP contribution in [0.1, 0.15) is 19.4 Å². The van der Waals surface area contributed by atoms with Crippen LogP contribution in [0, 0.1) is 0 Å². The predicted molar refractivity (Wildman–Crippen MR) is 77.3 cm³/mol. The van der Waals surface area contributed by atoms with Crippen LogP contribution < -0.4 is 10.9 Å². The first-order valence-corrected chi connectivity index (χ1v) is 7.13. The molecule has 0 saturated carbocycles. The van der Waals surface area contributed by atoms with Gasteiger partial charge in [-0.25, -0.2) is 0 Å². The van der Waals surface area contributed by atoms with Crippen molar-refractivity contribution in [1.29, 1.82) is 0 Å². The van der Waals surface area contributed by atoms with Crippen molar-refractivity contribution in [3.8, 4) is 0 Å². The highest BCUT2D eigenvalue weighted by molar-refractivity contribution is 6.39. The van der Waals surface area contributed by atoms with Gasteiger partial charge in [0.1, 0.15) is 5.69 Å². The predicted octanol–water partition coefficient (Wildman–Crippen LogP) is 0.968. The molecule has 0 aromatic carbocycles. The molecule has 1 aromatic rings. The third-order valence-corrected chi connectivity index (χ3v) is 3.38. The van der Waals surface area contributed by atoms with Gasteiger partial charge in [-0.2, -0.15) is 13.2 Å². The van der Waals surface area contributed by atoms with E-state index in [1.807, 2.05) is 10.3 Å². The minimum atomic E-state index is -4.69. The number of aromatic amines is 1. The number of ether oxygens (including phenoxy) is 1. The SMILES string of the molecule is CC1CN(C(=O)C(=O)Nc2cc(C(F)(F)F)c[nH]c2=O)CC(C)O1. The molecule has 0 aliphatic carbocycles. The maximum atomic E-state index is 12.6. The summed E-state index contributed by atoms with van der Waals surface area (Å²) >= 11 is 0. The first-order chi connectivity index (χ1) is 11.1. The van der Waals surface area contributed by atoms with Gasteiger partial charge in [0.25, 0.3) is 5.56 Å². The number of pyridine rings is 1. The largest absolute Gasteiger partial charge is 0.417 e. The van der Waals surface area contributed by atoms with Crippen molar-refractivity contribution in [3.63, 3.8) is 0 Å². The summed E-state index contributed by atoms with van der Waals surface area (Å²) in [7, 11) is 0. The Bertz CT molecular complexity index is 691. The minimum Gasteiger partial charge on any atom is -0.372 e. The molecule has 7 nitrogen and oxygen atoms in total. The van der Waals surface area contributed by atoms with Crippen molar-refractivity contribution in [2.75, 3.05) is 18.4 Å². The van der Waals surface area contributed by atoms with Crippen molar-refractivity contribution >= 4 is 17.5 Å². The number of anilines is 1. The van der Waals surface area contributed by atoms with Gasteiger partial charge >= 0.3 is 18.0 Å². The maximum absolute atomic E-state index is 12.6. The van der Waals surface area contributed by atoms with E-state index in [-0.39, 0.29) is 25.3 Å². The van der Waals surface area contributed by atoms with Gasteiger partial charge in [0, 0.05) is 19.3 Å². The molecule has 1 saturated heterocycles. The Hall–Kier alpha value is -2.36. The van der Waals surface area contributed by atoms with E-state index in [4.69, 9.17) is 4.74 Å². The van der Waals surface area contributed by atoms with Crippen molar-refractivity contribution in [1.82, 2.24) is 9.88 Å². The van der Waals surface area contributed by atoms with E-state index < -0.39 is 34.8 Å². The van der Waals surface area contributed by atoms with Gasteiger partial charge in [-0.05, 0) is 19.9 Å². The second-order valence-corrected chi connectivity index (χ2v) is 5.55. The first kappa shape index (κ1) is 18.0. The van der Waals surface area contributed by atoms with Gasteiger partial charge in [0.15, 0.2) is 0 Å². The number of hydrogen-bond acceptors (Lipinski definition) is 4. The van der Waals surface area contributed by atoms with E-state index in [1.54, 1.807) is 13.8 Å². The molecule has 24 heavy (non-hydrogen) atoms. The molecule has 2 unspecified atom stereocenters. The summed E-state index contributed by atoms with van der Waals surface area (Å²) in [4.78, 5) is 38.7. The molecule has 132 valence electrons. The summed E-state index contributed by atoms with van der Waals surface area (Å²) in [6.07, 6.45) is -4.75. The Kier molecular flexibility index (Phi) is 4.97. The lowest BCUT2D eigenvalue weighted by Gasteiger charge is -2.34. The summed E-state index contributed by atoms with van der Waals surface area (Å²) < 4.78 is 43.4. The summed E-state index contributed by atoms with van der Waals surface area (Å²) in [5, 5.41) is 1.93. The molecule has 2 N–H and O–H groups in total. The van der Waals surface area contributed by atoms with Gasteiger partial charge in [-0.15, -0.1) is 0 Å². The Morgan fingerprint density at radius 1 is 1.29 bits per heavy atom. The zero-order valence-corrected chi connectivity index (χ0v) is 12.9. The van der Waals surface area contributed by atoms with Crippen LogP contribution in [0.3, 0.4) is 0 Å². The van der Waals surface area contributed by atoms with Gasteiger partial charge in [-0.3, -0.25) is 14.4 Å². The van der Waals surface area contributed by atoms with Crippen LogP contribution in [0.4, 0.5) is 18.9 Å². The van der Waals surface area contributed by atoms with Crippen molar-refractivity contribution < 1.29 is 27.5 Å². The fraction of sp³-hybridized carbons (Fsp3) is 0.500. The molecular formula is C14H16F3N3O4. The van der Waals surface area contributed by atoms with Crippen molar-refractivity contribution in [3.05, 3.63) is 28.2 Å². The summed E-state index contributed by atoms with van der Waals surface area (Å²) in [5.74, 6) is -2.12. The average Bonchev–Trinajstić information content (AvgIpc) is 2.46. The van der Waals surface area contributed by atoms with E-state index in [9.17, 15) is 27.6 Å². The number of halogens is 3. The first-order valence-electron chi connectivity index (χ1n) is 7.13. The van der Waals surface area contributed by atoms with Gasteiger partial charge < -0.3 is 19.9 Å². The molecule has 10 heteroatoms. The average molecular weight is 347 g/mol. The highest BCUT2D eigenvalue weighted by Gasteiger charge is 2.33. The smallest absolute Gasteiger partial charge is 0.372 e. The lowest BCUT2D eigenvalue weighted by atomic mass is 10.2. The van der Waals surface area contributed by atoms with E-state index in [0.29, 0.717) is 12.3 Å². The molecule has 1 fully saturated rings. The number of nitrogens with zero attached hydrogens (tertiary/aromatic N) is 1. The van der Waals surface area contributed by atoms with E-state index >= 15 is 0 Å². The highest BCUT2D eigenvalue weighted by Crippen LogP contribution is 2.29. The lowest BCUT2D eigenvalue weighted by Crippen LogP contribution is -2.51. The number of hydrogen-bond donors (Lipinski definition) is 2. The molecule has 0 bridgehead atoms. The Morgan fingerprint density at radius 3 is 2.42 bits per heavy atom. The minimum absolute atomic E-state index is 0.176. The second kappa shape index (κ2) is 6.63. The van der Waals surface area contributed by atoms with Crippen LogP contribution in [0.15, 0.2) is 17.1 Å². The number of aromatic nitrogens is 1. The normalized spacial score (nSPS) is 21.5. The van der Waals surface area contributed by atoms with Crippen LogP contribution in [0.2, 0.25) is 0 Å². The highest BCUT2D eigenvalue weighted by atomic mass is 19.4. The summed E-state index contributed by atoms with van der Waals surface area (Å²) in [6, 6.07) is 0.481. The van der Waals surface area contributed by atoms with E-state index in [2.05, 4.69) is 0 Å². The Morgan fingerprint density at radius 2 is 1.88 bits per heavy atom. The van der Waals surface area contributed by atoms with Gasteiger partial charge in [0.05, 0.1) is 17.8 Å². The second-order valence-electron chi connectivity index (χ2n) is 5.55. The Balaban J connectivity index is 2.14. The quantitative estimate of drug-likeness (QED) is 0.741. The number of carbonyl (C=O) groups is 2. The monoisotopic (exact) mass is 347 g/mol. The molecular weight excluding hydrogens is 331 g/mol. The molecule has 2 amide bonds. The van der Waals surface area contributed by atoms with Crippen LogP contribution >= 0.6 is 0 Å². The Labute approximate surface area is 134 Å². The number of carbonyl (C=O) groups excluding carboxylic acids is 2. The van der Waals surface area contributed by atoms with E-state index in [1.165, 1.54) is 4.90 Å². The topological polar surface area (TPSA) is 91.5 Å². The zero-order chi connectivity index (χ0) is 18.1. The third kappa shape index (κ3) is 4.13. The molecule has 1 aliphatic rings. The maximum Gasteiger partial charge on any atom is 0.417 e. The van der Waals surface area contributed by atoms with Crippen LogP contribution in [0.25, 0.3) is 0 Å².